The van der Waals surface area contributed by atoms with Crippen molar-refractivity contribution >= 4 is 26.9 Å². The van der Waals surface area contributed by atoms with Crippen LogP contribution in [0.25, 0.3) is 11.0 Å². The van der Waals surface area contributed by atoms with Gasteiger partial charge in [0.1, 0.15) is 5.52 Å². The number of hydrogen-bond acceptors (Lipinski definition) is 6. The SMILES string of the molecule is CNS(=O)(=O)C1CCCN(c2nccc3nccnc23)C1. The number of anilines is 1. The van der Waals surface area contributed by atoms with Crippen molar-refractivity contribution in [2.75, 3.05) is 25.0 Å². The Kier molecular flexibility index (Phi) is 3.73. The van der Waals surface area contributed by atoms with Crippen molar-refractivity contribution in [3.63, 3.8) is 0 Å². The highest BCUT2D eigenvalue weighted by molar-refractivity contribution is 7.90. The van der Waals surface area contributed by atoms with E-state index in [1.807, 2.05) is 4.90 Å². The van der Waals surface area contributed by atoms with E-state index in [1.54, 1.807) is 24.7 Å². The van der Waals surface area contributed by atoms with E-state index in [1.165, 1.54) is 7.05 Å². The van der Waals surface area contributed by atoms with Crippen molar-refractivity contribution in [2.45, 2.75) is 18.1 Å². The van der Waals surface area contributed by atoms with Crippen molar-refractivity contribution < 1.29 is 8.42 Å². The molecular weight excluding hydrogens is 290 g/mol. The number of piperidine rings is 1. The molecule has 1 fully saturated rings. The van der Waals surface area contributed by atoms with Crippen molar-refractivity contribution in [3.05, 3.63) is 24.7 Å². The zero-order valence-electron chi connectivity index (χ0n) is 11.7. The molecule has 21 heavy (non-hydrogen) atoms. The monoisotopic (exact) mass is 307 g/mol. The van der Waals surface area contributed by atoms with E-state index in [9.17, 15) is 8.42 Å². The first-order valence-corrected chi connectivity index (χ1v) is 8.39. The van der Waals surface area contributed by atoms with E-state index in [0.29, 0.717) is 24.3 Å². The van der Waals surface area contributed by atoms with E-state index in [0.717, 1.165) is 18.5 Å². The number of nitrogens with one attached hydrogen (secondary N) is 1. The third kappa shape index (κ3) is 2.68. The van der Waals surface area contributed by atoms with E-state index >= 15 is 0 Å². The highest BCUT2D eigenvalue weighted by Crippen LogP contribution is 2.25. The summed E-state index contributed by atoms with van der Waals surface area (Å²) in [7, 11) is -1.82. The summed E-state index contributed by atoms with van der Waals surface area (Å²) < 4.78 is 26.4. The minimum Gasteiger partial charge on any atom is -0.353 e. The lowest BCUT2D eigenvalue weighted by Gasteiger charge is -2.33. The molecule has 1 saturated heterocycles. The Morgan fingerprint density at radius 1 is 1.24 bits per heavy atom. The van der Waals surface area contributed by atoms with Gasteiger partial charge in [-0.2, -0.15) is 0 Å². The van der Waals surface area contributed by atoms with Crippen molar-refractivity contribution in [3.8, 4) is 0 Å². The molecule has 0 aliphatic carbocycles. The Morgan fingerprint density at radius 3 is 2.86 bits per heavy atom. The molecule has 8 heteroatoms. The molecule has 1 aliphatic rings. The van der Waals surface area contributed by atoms with Gasteiger partial charge < -0.3 is 4.90 Å². The summed E-state index contributed by atoms with van der Waals surface area (Å²) in [4.78, 5) is 15.0. The molecule has 2 aromatic heterocycles. The summed E-state index contributed by atoms with van der Waals surface area (Å²) in [5, 5.41) is -0.426. The number of nitrogens with zero attached hydrogens (tertiary/aromatic N) is 4. The standard InChI is InChI=1S/C13H17N5O2S/c1-14-21(19,20)10-3-2-8-18(9-10)13-12-11(4-5-17-13)15-6-7-16-12/h4-7,10,14H,2-3,8-9H2,1H3. The first-order chi connectivity index (χ1) is 10.1. The smallest absolute Gasteiger partial charge is 0.215 e. The third-order valence-electron chi connectivity index (χ3n) is 3.77. The zero-order chi connectivity index (χ0) is 14.9. The van der Waals surface area contributed by atoms with Gasteiger partial charge in [-0.15, -0.1) is 0 Å². The second kappa shape index (κ2) is 5.53. The van der Waals surface area contributed by atoms with Crippen LogP contribution in [-0.4, -0.2) is 48.8 Å². The van der Waals surface area contributed by atoms with Gasteiger partial charge in [0.2, 0.25) is 10.0 Å². The fourth-order valence-corrected chi connectivity index (χ4v) is 3.85. The number of fused-ring (bicyclic) bond motifs is 1. The molecule has 112 valence electrons. The molecule has 0 spiro atoms. The van der Waals surface area contributed by atoms with Crippen LogP contribution in [0.3, 0.4) is 0 Å². The Hall–Kier alpha value is -1.80. The quantitative estimate of drug-likeness (QED) is 0.890. The highest BCUT2D eigenvalue weighted by atomic mass is 32.2. The van der Waals surface area contributed by atoms with Crippen molar-refractivity contribution in [1.82, 2.24) is 19.7 Å². The number of rotatable bonds is 3. The summed E-state index contributed by atoms with van der Waals surface area (Å²) in [6.45, 7) is 1.20. The van der Waals surface area contributed by atoms with Crippen molar-refractivity contribution in [1.29, 1.82) is 0 Å². The molecule has 0 radical (unpaired) electrons. The van der Waals surface area contributed by atoms with Gasteiger partial charge in [0.25, 0.3) is 0 Å². The lowest BCUT2D eigenvalue weighted by molar-refractivity contribution is 0.524. The Balaban J connectivity index is 1.96. The van der Waals surface area contributed by atoms with Gasteiger partial charge in [-0.3, -0.25) is 4.98 Å². The molecule has 1 unspecified atom stereocenters. The van der Waals surface area contributed by atoms with Crippen molar-refractivity contribution in [2.24, 2.45) is 0 Å². The summed E-state index contributed by atoms with van der Waals surface area (Å²) in [5.41, 5.74) is 1.48. The van der Waals surface area contributed by atoms with Gasteiger partial charge in [-0.1, -0.05) is 0 Å². The lowest BCUT2D eigenvalue weighted by Crippen LogP contribution is -2.46. The summed E-state index contributed by atoms with van der Waals surface area (Å²) in [6.07, 6.45) is 6.42. The van der Waals surface area contributed by atoms with Crippen LogP contribution in [0.1, 0.15) is 12.8 Å². The van der Waals surface area contributed by atoms with Gasteiger partial charge in [0, 0.05) is 31.7 Å². The largest absolute Gasteiger partial charge is 0.353 e. The van der Waals surface area contributed by atoms with Crippen LogP contribution in [0.4, 0.5) is 5.82 Å². The number of pyridine rings is 1. The van der Waals surface area contributed by atoms with Crippen LogP contribution in [0.5, 0.6) is 0 Å². The molecule has 1 atom stereocenters. The Labute approximate surface area is 123 Å². The molecule has 7 nitrogen and oxygen atoms in total. The molecule has 0 amide bonds. The maximum atomic E-state index is 12.0. The van der Waals surface area contributed by atoms with E-state index in [2.05, 4.69) is 19.7 Å². The third-order valence-corrected chi connectivity index (χ3v) is 5.60. The van der Waals surface area contributed by atoms with Crippen LogP contribution in [0.2, 0.25) is 0 Å². The van der Waals surface area contributed by atoms with Gasteiger partial charge >= 0.3 is 0 Å². The second-order valence-corrected chi connectivity index (χ2v) is 7.18. The number of sulfonamides is 1. The molecule has 1 aliphatic heterocycles. The lowest BCUT2D eigenvalue weighted by atomic mass is 10.1. The second-order valence-electron chi connectivity index (χ2n) is 5.02. The average molecular weight is 307 g/mol. The van der Waals surface area contributed by atoms with Gasteiger partial charge in [-0.25, -0.2) is 23.1 Å². The molecule has 3 rings (SSSR count). The molecule has 0 bridgehead atoms. The summed E-state index contributed by atoms with van der Waals surface area (Å²) >= 11 is 0. The molecule has 0 aromatic carbocycles. The predicted molar refractivity (Wildman–Crippen MR) is 80.5 cm³/mol. The fourth-order valence-electron chi connectivity index (χ4n) is 2.66. The molecule has 1 N–H and O–H groups in total. The van der Waals surface area contributed by atoms with E-state index in [4.69, 9.17) is 0 Å². The maximum Gasteiger partial charge on any atom is 0.215 e. The average Bonchev–Trinajstić information content (AvgIpc) is 2.54. The molecule has 2 aromatic rings. The van der Waals surface area contributed by atoms with Gasteiger partial charge in [0.15, 0.2) is 5.82 Å². The summed E-state index contributed by atoms with van der Waals surface area (Å²) in [6, 6.07) is 1.80. The van der Waals surface area contributed by atoms with Crippen LogP contribution in [0.15, 0.2) is 24.7 Å². The zero-order valence-corrected chi connectivity index (χ0v) is 12.5. The summed E-state index contributed by atoms with van der Waals surface area (Å²) in [5.74, 6) is 0.705. The minimum absolute atomic E-state index is 0.422. The first kappa shape index (κ1) is 14.2. The number of aromatic nitrogens is 3. The normalized spacial score (nSPS) is 19.9. The van der Waals surface area contributed by atoms with Crippen LogP contribution >= 0.6 is 0 Å². The topological polar surface area (TPSA) is 88.1 Å². The minimum atomic E-state index is -3.27. The Morgan fingerprint density at radius 2 is 2.05 bits per heavy atom. The van der Waals surface area contributed by atoms with Crippen LogP contribution in [-0.2, 0) is 10.0 Å². The molecular formula is C13H17N5O2S. The molecule has 3 heterocycles. The molecule has 0 saturated carbocycles. The van der Waals surface area contributed by atoms with Gasteiger partial charge in [-0.05, 0) is 26.0 Å². The van der Waals surface area contributed by atoms with Gasteiger partial charge in [0.05, 0.1) is 10.8 Å². The first-order valence-electron chi connectivity index (χ1n) is 6.85. The van der Waals surface area contributed by atoms with E-state index in [-0.39, 0.29) is 0 Å². The maximum absolute atomic E-state index is 12.0. The van der Waals surface area contributed by atoms with Crippen LogP contribution < -0.4 is 9.62 Å². The van der Waals surface area contributed by atoms with E-state index < -0.39 is 15.3 Å². The predicted octanol–water partition coefficient (Wildman–Crippen LogP) is 0.543. The van der Waals surface area contributed by atoms with Crippen LogP contribution in [0, 0.1) is 0 Å². The highest BCUT2D eigenvalue weighted by Gasteiger charge is 2.31. The Bertz CT molecular complexity index is 744. The fraction of sp³-hybridized carbons (Fsp3) is 0.462. The number of hydrogen-bond donors (Lipinski definition) is 1.